The Balaban J connectivity index is 2.47. The molecule has 0 fully saturated rings. The van der Waals surface area contributed by atoms with Gasteiger partial charge in [0.05, 0.1) is 7.11 Å². The molecule has 0 atom stereocenters. The average molecular weight is 275 g/mol. The Morgan fingerprint density at radius 1 is 1.16 bits per heavy atom. The van der Waals surface area contributed by atoms with Gasteiger partial charge in [-0.25, -0.2) is 0 Å². The number of carbonyl (C=O) groups is 2. The van der Waals surface area contributed by atoms with Gasteiger partial charge in [0.25, 0.3) is 0 Å². The van der Waals surface area contributed by atoms with Crippen LogP contribution in [0.4, 0.5) is 0 Å². The Hall–Kier alpha value is -2.13. The van der Waals surface area contributed by atoms with Crippen LogP contribution in [0.5, 0.6) is 5.75 Å². The number of benzene rings is 2. The summed E-state index contributed by atoms with van der Waals surface area (Å²) in [5.41, 5.74) is 1.12. The molecule has 19 heavy (non-hydrogen) atoms. The zero-order valence-electron chi connectivity index (χ0n) is 10.2. The summed E-state index contributed by atoms with van der Waals surface area (Å²) in [7, 11) is 1.51. The Labute approximate surface area is 115 Å². The van der Waals surface area contributed by atoms with E-state index in [4.69, 9.17) is 16.3 Å². The third-order valence-electron chi connectivity index (χ3n) is 2.74. The van der Waals surface area contributed by atoms with Gasteiger partial charge in [-0.15, -0.1) is 0 Å². The molecule has 0 unspecified atom stereocenters. The maximum Gasteiger partial charge on any atom is 0.193 e. The largest absolute Gasteiger partial charge is 0.497 e. The van der Waals surface area contributed by atoms with Crippen molar-refractivity contribution in [1.82, 2.24) is 0 Å². The molecule has 0 aliphatic heterocycles. The molecule has 0 aromatic heterocycles. The van der Waals surface area contributed by atoms with E-state index in [1.54, 1.807) is 42.5 Å². The first kappa shape index (κ1) is 13.3. The molecular weight excluding hydrogens is 264 g/mol. The summed E-state index contributed by atoms with van der Waals surface area (Å²) >= 11 is 5.78. The van der Waals surface area contributed by atoms with Gasteiger partial charge in [0.1, 0.15) is 5.75 Å². The minimum absolute atomic E-state index is 0.238. The molecule has 0 N–H and O–H groups in total. The second-order valence-corrected chi connectivity index (χ2v) is 4.34. The summed E-state index contributed by atoms with van der Waals surface area (Å²) in [6, 6.07) is 11.3. The van der Waals surface area contributed by atoms with Gasteiger partial charge < -0.3 is 4.74 Å². The molecule has 0 saturated carbocycles. The van der Waals surface area contributed by atoms with Gasteiger partial charge in [-0.3, -0.25) is 9.59 Å². The maximum atomic E-state index is 12.3. The predicted octanol–water partition coefficient (Wildman–Crippen LogP) is 3.39. The number of ketones is 1. The average Bonchev–Trinajstić information content (AvgIpc) is 2.46. The highest BCUT2D eigenvalue weighted by atomic mass is 35.5. The molecule has 4 heteroatoms. The van der Waals surface area contributed by atoms with Crippen LogP contribution in [0.1, 0.15) is 26.3 Å². The van der Waals surface area contributed by atoms with Crippen molar-refractivity contribution in [3.63, 3.8) is 0 Å². The van der Waals surface area contributed by atoms with E-state index >= 15 is 0 Å². The third-order valence-corrected chi connectivity index (χ3v) is 2.99. The number of rotatable bonds is 4. The highest BCUT2D eigenvalue weighted by Crippen LogP contribution is 2.20. The Morgan fingerprint density at radius 2 is 1.84 bits per heavy atom. The van der Waals surface area contributed by atoms with Gasteiger partial charge in [-0.1, -0.05) is 11.6 Å². The highest BCUT2D eigenvalue weighted by molar-refractivity contribution is 6.30. The molecule has 0 aliphatic carbocycles. The molecule has 0 spiro atoms. The fourth-order valence-corrected chi connectivity index (χ4v) is 1.84. The molecule has 0 radical (unpaired) electrons. The number of halogens is 1. The molecule has 2 aromatic rings. The SMILES string of the molecule is COc1ccc(C=O)c(C(=O)c2ccc(Cl)cc2)c1. The van der Waals surface area contributed by atoms with Crippen LogP contribution in [0.3, 0.4) is 0 Å². The van der Waals surface area contributed by atoms with Crippen molar-refractivity contribution in [1.29, 1.82) is 0 Å². The first-order valence-electron chi connectivity index (χ1n) is 5.59. The molecule has 0 heterocycles. The van der Waals surface area contributed by atoms with Crippen molar-refractivity contribution < 1.29 is 14.3 Å². The minimum atomic E-state index is -0.238. The van der Waals surface area contributed by atoms with Crippen molar-refractivity contribution in [2.45, 2.75) is 0 Å². The lowest BCUT2D eigenvalue weighted by Gasteiger charge is -2.07. The van der Waals surface area contributed by atoms with Crippen LogP contribution in [-0.4, -0.2) is 19.2 Å². The Morgan fingerprint density at radius 3 is 2.42 bits per heavy atom. The lowest BCUT2D eigenvalue weighted by Crippen LogP contribution is -2.05. The fourth-order valence-electron chi connectivity index (χ4n) is 1.72. The summed E-state index contributed by atoms with van der Waals surface area (Å²) < 4.78 is 5.07. The van der Waals surface area contributed by atoms with Crippen LogP contribution in [0, 0.1) is 0 Å². The van der Waals surface area contributed by atoms with E-state index in [0.29, 0.717) is 33.7 Å². The van der Waals surface area contributed by atoms with Crippen molar-refractivity contribution in [2.24, 2.45) is 0 Å². The summed E-state index contributed by atoms with van der Waals surface area (Å²) in [5, 5.41) is 0.554. The smallest absolute Gasteiger partial charge is 0.193 e. The monoisotopic (exact) mass is 274 g/mol. The number of hydrogen-bond donors (Lipinski definition) is 0. The summed E-state index contributed by atoms with van der Waals surface area (Å²) in [6.45, 7) is 0. The molecule has 0 aliphatic rings. The molecule has 2 aromatic carbocycles. The van der Waals surface area contributed by atoms with E-state index < -0.39 is 0 Å². The van der Waals surface area contributed by atoms with Gasteiger partial charge in [0, 0.05) is 21.7 Å². The number of aldehydes is 1. The lowest BCUT2D eigenvalue weighted by molar-refractivity contribution is 0.102. The topological polar surface area (TPSA) is 43.4 Å². The van der Waals surface area contributed by atoms with E-state index in [2.05, 4.69) is 0 Å². The van der Waals surface area contributed by atoms with E-state index in [-0.39, 0.29) is 5.78 Å². The Bertz CT molecular complexity index is 618. The molecular formula is C15H11ClO3. The first-order valence-corrected chi connectivity index (χ1v) is 5.97. The van der Waals surface area contributed by atoms with Crippen molar-refractivity contribution in [2.75, 3.05) is 7.11 Å². The molecule has 0 bridgehead atoms. The standard InChI is InChI=1S/C15H11ClO3/c1-19-13-7-4-11(9-17)14(8-13)15(18)10-2-5-12(16)6-3-10/h2-9H,1H3. The number of carbonyl (C=O) groups excluding carboxylic acids is 2. The first-order chi connectivity index (χ1) is 9.15. The van der Waals surface area contributed by atoms with Crippen molar-refractivity contribution >= 4 is 23.7 Å². The molecule has 0 saturated heterocycles. The lowest BCUT2D eigenvalue weighted by atomic mass is 9.99. The second kappa shape index (κ2) is 5.67. The normalized spacial score (nSPS) is 10.0. The zero-order chi connectivity index (χ0) is 13.8. The van der Waals surface area contributed by atoms with E-state index in [9.17, 15) is 9.59 Å². The van der Waals surface area contributed by atoms with Crippen LogP contribution in [0.15, 0.2) is 42.5 Å². The van der Waals surface area contributed by atoms with E-state index in [0.717, 1.165) is 0 Å². The molecule has 96 valence electrons. The maximum absolute atomic E-state index is 12.3. The predicted molar refractivity (Wildman–Crippen MR) is 73.3 cm³/mol. The third kappa shape index (κ3) is 2.83. The zero-order valence-corrected chi connectivity index (χ0v) is 11.0. The molecule has 2 rings (SSSR count). The minimum Gasteiger partial charge on any atom is -0.497 e. The van der Waals surface area contributed by atoms with Crippen LogP contribution < -0.4 is 4.74 Å². The van der Waals surface area contributed by atoms with Crippen LogP contribution in [0.25, 0.3) is 0 Å². The van der Waals surface area contributed by atoms with Crippen molar-refractivity contribution in [3.8, 4) is 5.75 Å². The summed E-state index contributed by atoms with van der Waals surface area (Å²) in [6.07, 6.45) is 0.655. The van der Waals surface area contributed by atoms with Crippen molar-refractivity contribution in [3.05, 3.63) is 64.2 Å². The quantitative estimate of drug-likeness (QED) is 0.634. The number of hydrogen-bond acceptors (Lipinski definition) is 3. The highest BCUT2D eigenvalue weighted by Gasteiger charge is 2.14. The van der Waals surface area contributed by atoms with E-state index in [1.165, 1.54) is 7.11 Å². The molecule has 3 nitrogen and oxygen atoms in total. The van der Waals surface area contributed by atoms with Gasteiger partial charge in [-0.05, 0) is 42.5 Å². The van der Waals surface area contributed by atoms with Crippen LogP contribution >= 0.6 is 11.6 Å². The van der Waals surface area contributed by atoms with Gasteiger partial charge in [0.2, 0.25) is 0 Å². The van der Waals surface area contributed by atoms with Crippen LogP contribution in [0.2, 0.25) is 5.02 Å². The number of ether oxygens (including phenoxy) is 1. The second-order valence-electron chi connectivity index (χ2n) is 3.91. The number of methoxy groups -OCH3 is 1. The fraction of sp³-hybridized carbons (Fsp3) is 0.0667. The summed E-state index contributed by atoms with van der Waals surface area (Å²) in [5.74, 6) is 0.292. The van der Waals surface area contributed by atoms with Crippen LogP contribution in [-0.2, 0) is 0 Å². The van der Waals surface area contributed by atoms with Gasteiger partial charge in [-0.2, -0.15) is 0 Å². The summed E-state index contributed by atoms with van der Waals surface area (Å²) in [4.78, 5) is 23.4. The Kier molecular flexibility index (Phi) is 3.97. The van der Waals surface area contributed by atoms with Gasteiger partial charge in [0.15, 0.2) is 12.1 Å². The molecule has 0 amide bonds. The van der Waals surface area contributed by atoms with E-state index in [1.807, 2.05) is 0 Å². The van der Waals surface area contributed by atoms with Gasteiger partial charge >= 0.3 is 0 Å².